The van der Waals surface area contributed by atoms with Crippen LogP contribution >= 0.6 is 0 Å². The number of hydrogen-bond donors (Lipinski definition) is 2. The Morgan fingerprint density at radius 2 is 2.00 bits per heavy atom. The van der Waals surface area contributed by atoms with Crippen LogP contribution in [0.5, 0.6) is 5.75 Å². The van der Waals surface area contributed by atoms with Crippen LogP contribution in [0.1, 0.15) is 64.5 Å². The summed E-state index contributed by atoms with van der Waals surface area (Å²) < 4.78 is 6.15. The Labute approximate surface area is 192 Å². The molecule has 5 fully saturated rings. The minimum atomic E-state index is -1.43. The van der Waals surface area contributed by atoms with E-state index in [1.165, 1.54) is 0 Å². The van der Waals surface area contributed by atoms with Gasteiger partial charge in [0.2, 0.25) is 11.8 Å². The first-order chi connectivity index (χ1) is 15.4. The van der Waals surface area contributed by atoms with Gasteiger partial charge in [0, 0.05) is 41.5 Å². The van der Waals surface area contributed by atoms with E-state index in [-0.39, 0.29) is 24.2 Å². The van der Waals surface area contributed by atoms with Crippen LogP contribution in [0.15, 0.2) is 23.2 Å². The maximum absolute atomic E-state index is 13.9. The van der Waals surface area contributed by atoms with Crippen molar-refractivity contribution in [2.45, 2.75) is 75.7 Å². The summed E-state index contributed by atoms with van der Waals surface area (Å²) in [4.78, 5) is 34.0. The first-order valence-electron chi connectivity index (χ1n) is 12.0. The number of amides is 2. The lowest BCUT2D eigenvalue weighted by Crippen LogP contribution is -2.86. The molecule has 1 aliphatic carbocycles. The molecule has 2 bridgehead atoms. The SMILES string of the molecule is CC1(C)C=Cc2cc3c(cc2O1)N=C1C(C)(C)[C@@H]2C[C@@]45CCCN4C(=O)[C@]2(C[C@]13O)NC5=O. The normalized spacial score (nSPS) is 40.2. The molecule has 7 aliphatic rings. The molecule has 4 saturated heterocycles. The van der Waals surface area contributed by atoms with E-state index >= 15 is 0 Å². The molecule has 33 heavy (non-hydrogen) atoms. The monoisotopic (exact) mass is 447 g/mol. The van der Waals surface area contributed by atoms with Crippen LogP contribution in [0.4, 0.5) is 5.69 Å². The van der Waals surface area contributed by atoms with Crippen LogP contribution in [-0.2, 0) is 15.2 Å². The lowest BCUT2D eigenvalue weighted by Gasteiger charge is -2.66. The number of nitrogens with one attached hydrogen (secondary N) is 1. The number of fused-ring (bicyclic) bond motifs is 5. The topological polar surface area (TPSA) is 91.2 Å². The van der Waals surface area contributed by atoms with Gasteiger partial charge in [-0.1, -0.05) is 19.9 Å². The molecular formula is C26H29N3O4. The number of aliphatic imine (C=N–C) groups is 1. The lowest BCUT2D eigenvalue weighted by atomic mass is 9.47. The minimum Gasteiger partial charge on any atom is -0.483 e. The smallest absolute Gasteiger partial charge is 0.249 e. The Bertz CT molecular complexity index is 1250. The molecule has 2 amide bonds. The maximum Gasteiger partial charge on any atom is 0.249 e. The zero-order valence-electron chi connectivity index (χ0n) is 19.5. The fourth-order valence-corrected chi connectivity index (χ4v) is 7.79. The number of benzene rings is 1. The van der Waals surface area contributed by atoms with E-state index in [0.717, 1.165) is 17.7 Å². The number of rotatable bonds is 0. The van der Waals surface area contributed by atoms with E-state index in [9.17, 15) is 14.7 Å². The molecule has 0 aromatic heterocycles. The van der Waals surface area contributed by atoms with E-state index in [1.807, 2.05) is 43.0 Å². The Kier molecular flexibility index (Phi) is 3.21. The number of piperidine rings is 2. The van der Waals surface area contributed by atoms with Gasteiger partial charge < -0.3 is 20.1 Å². The van der Waals surface area contributed by atoms with Crippen molar-refractivity contribution in [3.8, 4) is 5.75 Å². The largest absolute Gasteiger partial charge is 0.483 e. The van der Waals surface area contributed by atoms with Crippen molar-refractivity contribution in [1.29, 1.82) is 0 Å². The molecule has 6 heterocycles. The summed E-state index contributed by atoms with van der Waals surface area (Å²) in [6.07, 6.45) is 6.30. The molecule has 7 heteroatoms. The highest BCUT2D eigenvalue weighted by Crippen LogP contribution is 2.64. The van der Waals surface area contributed by atoms with Crippen molar-refractivity contribution < 1.29 is 19.4 Å². The molecule has 6 aliphatic heterocycles. The van der Waals surface area contributed by atoms with Crippen molar-refractivity contribution >= 4 is 29.3 Å². The highest BCUT2D eigenvalue weighted by atomic mass is 16.5. The predicted molar refractivity (Wildman–Crippen MR) is 122 cm³/mol. The summed E-state index contributed by atoms with van der Waals surface area (Å²) >= 11 is 0. The maximum atomic E-state index is 13.9. The standard InChI is InChI=1S/C26H29N3O4/c1-22(2)8-6-14-10-15-16(11-17(14)33-22)27-19-23(3,4)18-12-24-7-5-9-29(24)21(31)25(18,28-20(24)30)13-26(15,19)32/h6,8,10-11,18,32H,5,7,9,12-13H2,1-4H3,(H,28,30)/t18-,24+,25+,26+/m0/s1. The van der Waals surface area contributed by atoms with E-state index in [1.54, 1.807) is 0 Å². The average molecular weight is 448 g/mol. The number of aliphatic hydroxyl groups is 1. The number of carbonyl (C=O) groups excluding carboxylic acids is 2. The van der Waals surface area contributed by atoms with E-state index < -0.39 is 27.7 Å². The van der Waals surface area contributed by atoms with E-state index in [4.69, 9.17) is 9.73 Å². The van der Waals surface area contributed by atoms with Crippen molar-refractivity contribution in [3.05, 3.63) is 29.3 Å². The summed E-state index contributed by atoms with van der Waals surface area (Å²) in [7, 11) is 0. The molecule has 0 radical (unpaired) electrons. The molecule has 1 saturated carbocycles. The Morgan fingerprint density at radius 3 is 2.79 bits per heavy atom. The number of nitrogens with zero attached hydrogens (tertiary/aromatic N) is 2. The quantitative estimate of drug-likeness (QED) is 0.640. The number of carbonyl (C=O) groups is 2. The van der Waals surface area contributed by atoms with Gasteiger partial charge in [0.1, 0.15) is 28.0 Å². The van der Waals surface area contributed by atoms with E-state index in [0.29, 0.717) is 36.3 Å². The fourth-order valence-electron chi connectivity index (χ4n) is 7.79. The third-order valence-corrected chi connectivity index (χ3v) is 9.26. The Balaban J connectivity index is 1.42. The van der Waals surface area contributed by atoms with Crippen LogP contribution < -0.4 is 10.1 Å². The highest BCUT2D eigenvalue weighted by molar-refractivity contribution is 6.11. The third-order valence-electron chi connectivity index (χ3n) is 9.26. The number of hydrogen-bond acceptors (Lipinski definition) is 5. The van der Waals surface area contributed by atoms with Crippen LogP contribution in [0.2, 0.25) is 0 Å². The van der Waals surface area contributed by atoms with E-state index in [2.05, 4.69) is 19.2 Å². The third kappa shape index (κ3) is 2.05. The van der Waals surface area contributed by atoms with Crippen LogP contribution in [0.25, 0.3) is 6.08 Å². The van der Waals surface area contributed by atoms with Gasteiger partial charge in [-0.05, 0) is 45.3 Å². The molecule has 7 nitrogen and oxygen atoms in total. The lowest BCUT2D eigenvalue weighted by molar-refractivity contribution is -0.186. The number of piperazine rings is 1. The molecular weight excluding hydrogens is 418 g/mol. The van der Waals surface area contributed by atoms with Gasteiger partial charge in [-0.3, -0.25) is 14.6 Å². The molecule has 8 rings (SSSR count). The molecule has 1 aromatic carbocycles. The fraction of sp³-hybridized carbons (Fsp3) is 0.577. The minimum absolute atomic E-state index is 0.0345. The number of ether oxygens (including phenoxy) is 1. The van der Waals surface area contributed by atoms with Crippen molar-refractivity contribution in [3.63, 3.8) is 0 Å². The summed E-state index contributed by atoms with van der Waals surface area (Å²) in [5.74, 6) is 0.527. The summed E-state index contributed by atoms with van der Waals surface area (Å²) in [6.45, 7) is 8.76. The summed E-state index contributed by atoms with van der Waals surface area (Å²) in [5.41, 5.74) is -1.32. The van der Waals surface area contributed by atoms with Crippen molar-refractivity contribution in [2.75, 3.05) is 6.54 Å². The van der Waals surface area contributed by atoms with Gasteiger partial charge in [0.25, 0.3) is 0 Å². The molecule has 2 N–H and O–H groups in total. The first kappa shape index (κ1) is 19.8. The second-order valence-corrected chi connectivity index (χ2v) is 11.9. The molecule has 4 atom stereocenters. The highest BCUT2D eigenvalue weighted by Gasteiger charge is 2.76. The summed E-state index contributed by atoms with van der Waals surface area (Å²) in [5, 5.41) is 15.4. The van der Waals surface area contributed by atoms with Gasteiger partial charge in [-0.25, -0.2) is 0 Å². The van der Waals surface area contributed by atoms with Crippen molar-refractivity contribution in [1.82, 2.24) is 10.2 Å². The van der Waals surface area contributed by atoms with Crippen LogP contribution in [0.3, 0.4) is 0 Å². The first-order valence-corrected chi connectivity index (χ1v) is 12.0. The van der Waals surface area contributed by atoms with Gasteiger partial charge in [0.05, 0.1) is 11.4 Å². The average Bonchev–Trinajstić information content (AvgIpc) is 3.28. The van der Waals surface area contributed by atoms with Crippen LogP contribution in [0, 0.1) is 11.3 Å². The zero-order valence-corrected chi connectivity index (χ0v) is 19.5. The van der Waals surface area contributed by atoms with Crippen molar-refractivity contribution in [2.24, 2.45) is 16.3 Å². The van der Waals surface area contributed by atoms with Gasteiger partial charge in [0.15, 0.2) is 0 Å². The van der Waals surface area contributed by atoms with Gasteiger partial charge in [-0.15, -0.1) is 0 Å². The zero-order chi connectivity index (χ0) is 23.2. The summed E-state index contributed by atoms with van der Waals surface area (Å²) in [6, 6.07) is 3.85. The van der Waals surface area contributed by atoms with Gasteiger partial charge in [-0.2, -0.15) is 0 Å². The molecule has 172 valence electrons. The Hall–Kier alpha value is -2.67. The second kappa shape index (κ2) is 5.35. The molecule has 2 spiro atoms. The van der Waals surface area contributed by atoms with Gasteiger partial charge >= 0.3 is 0 Å². The molecule has 1 aromatic rings. The van der Waals surface area contributed by atoms with Crippen LogP contribution in [-0.4, -0.2) is 50.8 Å². The second-order valence-electron chi connectivity index (χ2n) is 11.9. The Morgan fingerprint density at radius 1 is 1.21 bits per heavy atom. The molecule has 0 unspecified atom stereocenters. The predicted octanol–water partition coefficient (Wildman–Crippen LogP) is 2.82.